The summed E-state index contributed by atoms with van der Waals surface area (Å²) in [5.41, 5.74) is 0.0440. The summed E-state index contributed by atoms with van der Waals surface area (Å²) in [6.07, 6.45) is 3.34. The zero-order valence-electron chi connectivity index (χ0n) is 12.9. The Morgan fingerprint density at radius 2 is 2.14 bits per heavy atom. The molecule has 3 unspecified atom stereocenters. The highest BCUT2D eigenvalue weighted by atomic mass is 16.6. The van der Waals surface area contributed by atoms with Crippen LogP contribution < -0.4 is 10.6 Å². The first-order chi connectivity index (χ1) is 10.0. The molecule has 21 heavy (non-hydrogen) atoms. The van der Waals surface area contributed by atoms with Crippen molar-refractivity contribution in [1.82, 2.24) is 4.98 Å². The van der Waals surface area contributed by atoms with E-state index >= 15 is 0 Å². The van der Waals surface area contributed by atoms with Crippen molar-refractivity contribution < 1.29 is 4.92 Å². The summed E-state index contributed by atoms with van der Waals surface area (Å²) in [7, 11) is 0. The number of rotatable bonds is 5. The molecular formula is C15H24N4O2. The number of anilines is 2. The van der Waals surface area contributed by atoms with Crippen molar-refractivity contribution in [1.29, 1.82) is 0 Å². The Hall–Kier alpha value is -1.85. The Kier molecular flexibility index (Phi) is 4.98. The third-order valence-electron chi connectivity index (χ3n) is 4.18. The van der Waals surface area contributed by atoms with Crippen molar-refractivity contribution in [2.24, 2.45) is 11.8 Å². The predicted molar refractivity (Wildman–Crippen MR) is 84.6 cm³/mol. The summed E-state index contributed by atoms with van der Waals surface area (Å²) in [4.78, 5) is 15.2. The van der Waals surface area contributed by atoms with Crippen LogP contribution in [0.1, 0.15) is 40.0 Å². The van der Waals surface area contributed by atoms with Gasteiger partial charge in [0.05, 0.1) is 4.92 Å². The molecule has 6 heteroatoms. The first-order valence-corrected chi connectivity index (χ1v) is 7.67. The van der Waals surface area contributed by atoms with Gasteiger partial charge in [-0.3, -0.25) is 10.1 Å². The largest absolute Gasteiger partial charge is 0.370 e. The predicted octanol–water partition coefficient (Wildman–Crippen LogP) is 3.66. The van der Waals surface area contributed by atoms with Crippen molar-refractivity contribution in [2.45, 2.75) is 46.1 Å². The molecule has 0 amide bonds. The molecule has 2 N–H and O–H groups in total. The summed E-state index contributed by atoms with van der Waals surface area (Å²) >= 11 is 0. The number of hydrogen-bond donors (Lipinski definition) is 2. The SMILES string of the molecule is CCNc1ccc([N+](=O)[O-])c(NC2CCC(C)CC2C)n1. The Balaban J connectivity index is 2.20. The van der Waals surface area contributed by atoms with Crippen LogP contribution in [-0.4, -0.2) is 22.5 Å². The van der Waals surface area contributed by atoms with Gasteiger partial charge in [0.25, 0.3) is 0 Å². The maximum atomic E-state index is 11.2. The van der Waals surface area contributed by atoms with Gasteiger partial charge < -0.3 is 10.6 Å². The minimum Gasteiger partial charge on any atom is -0.370 e. The zero-order chi connectivity index (χ0) is 15.4. The van der Waals surface area contributed by atoms with Crippen LogP contribution in [0.25, 0.3) is 0 Å². The lowest BCUT2D eigenvalue weighted by Gasteiger charge is -2.33. The van der Waals surface area contributed by atoms with Crippen LogP contribution in [0.3, 0.4) is 0 Å². The van der Waals surface area contributed by atoms with Gasteiger partial charge in [-0.2, -0.15) is 0 Å². The normalized spacial score (nSPS) is 25.4. The first-order valence-electron chi connectivity index (χ1n) is 7.67. The maximum Gasteiger partial charge on any atom is 0.311 e. The van der Waals surface area contributed by atoms with E-state index in [1.807, 2.05) is 6.92 Å². The van der Waals surface area contributed by atoms with E-state index in [-0.39, 0.29) is 16.7 Å². The lowest BCUT2D eigenvalue weighted by atomic mass is 9.80. The van der Waals surface area contributed by atoms with E-state index in [0.29, 0.717) is 17.6 Å². The molecular weight excluding hydrogens is 268 g/mol. The van der Waals surface area contributed by atoms with Gasteiger partial charge in [0, 0.05) is 18.7 Å². The van der Waals surface area contributed by atoms with Gasteiger partial charge in [-0.25, -0.2) is 4.98 Å². The molecule has 0 aliphatic heterocycles. The molecule has 6 nitrogen and oxygen atoms in total. The van der Waals surface area contributed by atoms with Crippen LogP contribution >= 0.6 is 0 Å². The summed E-state index contributed by atoms with van der Waals surface area (Å²) in [6, 6.07) is 3.42. The van der Waals surface area contributed by atoms with Gasteiger partial charge in [-0.05, 0) is 44.1 Å². The maximum absolute atomic E-state index is 11.2. The summed E-state index contributed by atoms with van der Waals surface area (Å²) in [6.45, 7) is 7.18. The molecule has 1 aromatic rings. The quantitative estimate of drug-likeness (QED) is 0.639. The first kappa shape index (κ1) is 15.5. The highest BCUT2D eigenvalue weighted by molar-refractivity contribution is 5.60. The Bertz CT molecular complexity index is 506. The van der Waals surface area contributed by atoms with E-state index in [1.165, 1.54) is 6.07 Å². The second-order valence-electron chi connectivity index (χ2n) is 6.00. The van der Waals surface area contributed by atoms with Gasteiger partial charge in [-0.15, -0.1) is 0 Å². The monoisotopic (exact) mass is 292 g/mol. The molecule has 2 rings (SSSR count). The van der Waals surface area contributed by atoms with Crippen molar-refractivity contribution >= 4 is 17.3 Å². The van der Waals surface area contributed by atoms with Crippen molar-refractivity contribution in [3.63, 3.8) is 0 Å². The third-order valence-corrected chi connectivity index (χ3v) is 4.18. The topological polar surface area (TPSA) is 80.1 Å². The van der Waals surface area contributed by atoms with E-state index in [0.717, 1.165) is 31.7 Å². The van der Waals surface area contributed by atoms with Crippen LogP contribution in [0.2, 0.25) is 0 Å². The molecule has 0 bridgehead atoms. The molecule has 1 aromatic heterocycles. The van der Waals surface area contributed by atoms with E-state index < -0.39 is 0 Å². The second kappa shape index (κ2) is 6.74. The van der Waals surface area contributed by atoms with Crippen LogP contribution in [0.4, 0.5) is 17.3 Å². The number of nitrogens with one attached hydrogen (secondary N) is 2. The molecule has 116 valence electrons. The highest BCUT2D eigenvalue weighted by Crippen LogP contribution is 2.33. The average Bonchev–Trinajstić information content (AvgIpc) is 2.42. The fourth-order valence-corrected chi connectivity index (χ4v) is 3.04. The fourth-order valence-electron chi connectivity index (χ4n) is 3.04. The molecule has 0 aromatic carbocycles. The number of pyridine rings is 1. The number of nitro groups is 1. The van der Waals surface area contributed by atoms with Crippen LogP contribution in [0.15, 0.2) is 12.1 Å². The standard InChI is InChI=1S/C15H24N4O2/c1-4-16-14-8-7-13(19(20)21)15(18-14)17-12-6-5-10(2)9-11(12)3/h7-8,10-12H,4-6,9H2,1-3H3,(H2,16,17,18). The molecule has 1 aliphatic carbocycles. The smallest absolute Gasteiger partial charge is 0.311 e. The average molecular weight is 292 g/mol. The van der Waals surface area contributed by atoms with E-state index in [1.54, 1.807) is 6.07 Å². The van der Waals surface area contributed by atoms with E-state index in [9.17, 15) is 10.1 Å². The Labute approximate surface area is 125 Å². The van der Waals surface area contributed by atoms with Gasteiger partial charge >= 0.3 is 5.69 Å². The van der Waals surface area contributed by atoms with Crippen LogP contribution in [0.5, 0.6) is 0 Å². The molecule has 1 fully saturated rings. The Morgan fingerprint density at radius 1 is 1.38 bits per heavy atom. The summed E-state index contributed by atoms with van der Waals surface area (Å²) < 4.78 is 0. The van der Waals surface area contributed by atoms with E-state index in [4.69, 9.17) is 0 Å². The minimum atomic E-state index is -0.374. The van der Waals surface area contributed by atoms with Crippen molar-refractivity contribution in [2.75, 3.05) is 17.2 Å². The van der Waals surface area contributed by atoms with Gasteiger partial charge in [0.15, 0.2) is 0 Å². The zero-order valence-corrected chi connectivity index (χ0v) is 12.9. The minimum absolute atomic E-state index is 0.0440. The van der Waals surface area contributed by atoms with Crippen molar-refractivity contribution in [3.8, 4) is 0 Å². The number of hydrogen-bond acceptors (Lipinski definition) is 5. The lowest BCUT2D eigenvalue weighted by Crippen LogP contribution is -2.33. The molecule has 0 saturated heterocycles. The highest BCUT2D eigenvalue weighted by Gasteiger charge is 2.27. The molecule has 1 heterocycles. The molecule has 0 radical (unpaired) electrons. The summed E-state index contributed by atoms with van der Waals surface area (Å²) in [5, 5.41) is 17.6. The van der Waals surface area contributed by atoms with Crippen LogP contribution in [-0.2, 0) is 0 Å². The lowest BCUT2D eigenvalue weighted by molar-refractivity contribution is -0.384. The van der Waals surface area contributed by atoms with Gasteiger partial charge in [0.1, 0.15) is 5.82 Å². The summed E-state index contributed by atoms with van der Waals surface area (Å²) in [5.74, 6) is 2.28. The van der Waals surface area contributed by atoms with Gasteiger partial charge in [-0.1, -0.05) is 13.8 Å². The second-order valence-corrected chi connectivity index (χ2v) is 6.00. The molecule has 3 atom stereocenters. The van der Waals surface area contributed by atoms with E-state index in [2.05, 4.69) is 29.5 Å². The van der Waals surface area contributed by atoms with Gasteiger partial charge in [0.2, 0.25) is 5.82 Å². The fraction of sp³-hybridized carbons (Fsp3) is 0.667. The Morgan fingerprint density at radius 3 is 2.76 bits per heavy atom. The molecule has 0 spiro atoms. The van der Waals surface area contributed by atoms with Crippen molar-refractivity contribution in [3.05, 3.63) is 22.2 Å². The number of nitrogens with zero attached hydrogens (tertiary/aromatic N) is 2. The molecule has 1 saturated carbocycles. The number of aromatic nitrogens is 1. The van der Waals surface area contributed by atoms with Crippen LogP contribution in [0, 0.1) is 22.0 Å². The third kappa shape index (κ3) is 3.83. The molecule has 1 aliphatic rings.